The number of carbonyl (C=O) groups is 2. The molecule has 1 aromatic rings. The summed E-state index contributed by atoms with van der Waals surface area (Å²) < 4.78 is 16.0. The van der Waals surface area contributed by atoms with E-state index in [4.69, 9.17) is 14.2 Å². The van der Waals surface area contributed by atoms with Crippen molar-refractivity contribution < 1.29 is 23.8 Å². The first-order valence-electron chi connectivity index (χ1n) is 6.59. The number of rotatable bonds is 5. The Morgan fingerprint density at radius 2 is 2.19 bits per heavy atom. The van der Waals surface area contributed by atoms with Gasteiger partial charge in [0.1, 0.15) is 6.61 Å². The zero-order valence-corrected chi connectivity index (χ0v) is 11.7. The maximum absolute atomic E-state index is 12.0. The first-order chi connectivity index (χ1) is 10.1. The van der Waals surface area contributed by atoms with Gasteiger partial charge in [0, 0.05) is 6.54 Å². The molecule has 1 aromatic carbocycles. The third-order valence-electron chi connectivity index (χ3n) is 2.85. The van der Waals surface area contributed by atoms with Gasteiger partial charge in [0.05, 0.1) is 0 Å². The number of fused-ring (bicyclic) bond motifs is 1. The van der Waals surface area contributed by atoms with Gasteiger partial charge in [-0.15, -0.1) is 6.58 Å². The predicted octanol–water partition coefficient (Wildman–Crippen LogP) is 1.06. The van der Waals surface area contributed by atoms with Gasteiger partial charge >= 0.3 is 5.97 Å². The van der Waals surface area contributed by atoms with Crippen molar-refractivity contribution in [2.24, 2.45) is 0 Å². The van der Waals surface area contributed by atoms with E-state index in [2.05, 4.69) is 11.9 Å². The smallest absolute Gasteiger partial charge is 0.351 e. The van der Waals surface area contributed by atoms with Crippen LogP contribution in [0.3, 0.4) is 0 Å². The maximum atomic E-state index is 12.0. The number of benzene rings is 1. The van der Waals surface area contributed by atoms with E-state index < -0.39 is 18.2 Å². The number of para-hydroxylation sites is 2. The Kier molecular flexibility index (Phi) is 4.81. The highest BCUT2D eigenvalue weighted by molar-refractivity contribution is 5.84. The third-order valence-corrected chi connectivity index (χ3v) is 2.85. The molecule has 2 atom stereocenters. The molecule has 0 saturated heterocycles. The lowest BCUT2D eigenvalue weighted by molar-refractivity contribution is -0.163. The lowest BCUT2D eigenvalue weighted by Gasteiger charge is -2.25. The summed E-state index contributed by atoms with van der Waals surface area (Å²) in [6.45, 7) is 5.35. The maximum Gasteiger partial charge on any atom is 0.351 e. The second-order valence-electron chi connectivity index (χ2n) is 4.48. The van der Waals surface area contributed by atoms with E-state index >= 15 is 0 Å². The van der Waals surface area contributed by atoms with Crippen LogP contribution in [0.5, 0.6) is 11.5 Å². The van der Waals surface area contributed by atoms with Crippen LogP contribution < -0.4 is 14.8 Å². The number of amides is 1. The lowest BCUT2D eigenvalue weighted by atomic mass is 10.2. The number of ether oxygens (including phenoxy) is 3. The third kappa shape index (κ3) is 3.75. The number of hydrogen-bond acceptors (Lipinski definition) is 5. The summed E-state index contributed by atoms with van der Waals surface area (Å²) in [5.41, 5.74) is 0. The molecule has 6 heteroatoms. The van der Waals surface area contributed by atoms with E-state index in [-0.39, 0.29) is 12.5 Å². The fraction of sp³-hybridized carbons (Fsp3) is 0.333. The Balaban J connectivity index is 1.90. The molecule has 0 unspecified atom stereocenters. The zero-order chi connectivity index (χ0) is 15.2. The molecule has 0 fully saturated rings. The first kappa shape index (κ1) is 14.9. The summed E-state index contributed by atoms with van der Waals surface area (Å²) in [5.74, 6) is 0.0407. The van der Waals surface area contributed by atoms with Crippen molar-refractivity contribution in [3.8, 4) is 11.5 Å². The van der Waals surface area contributed by atoms with Crippen LogP contribution in [0.25, 0.3) is 0 Å². The minimum Gasteiger partial charge on any atom is -0.485 e. The summed E-state index contributed by atoms with van der Waals surface area (Å²) >= 11 is 0. The lowest BCUT2D eigenvalue weighted by Crippen LogP contribution is -2.42. The van der Waals surface area contributed by atoms with Crippen LogP contribution >= 0.6 is 0 Å². The summed E-state index contributed by atoms with van der Waals surface area (Å²) in [5, 5.41) is 2.55. The number of esters is 1. The van der Waals surface area contributed by atoms with Crippen LogP contribution in [0.1, 0.15) is 6.92 Å². The average Bonchev–Trinajstić information content (AvgIpc) is 2.51. The molecule has 1 amide bonds. The molecule has 0 bridgehead atoms. The Morgan fingerprint density at radius 1 is 1.48 bits per heavy atom. The quantitative estimate of drug-likeness (QED) is 0.648. The first-order valence-corrected chi connectivity index (χ1v) is 6.59. The molecule has 0 aromatic heterocycles. The van der Waals surface area contributed by atoms with Crippen LogP contribution in [0, 0.1) is 0 Å². The summed E-state index contributed by atoms with van der Waals surface area (Å²) in [6.07, 6.45) is -0.241. The highest BCUT2D eigenvalue weighted by Crippen LogP contribution is 2.31. The van der Waals surface area contributed by atoms with Crippen molar-refractivity contribution in [2.75, 3.05) is 13.2 Å². The molecule has 0 aliphatic carbocycles. The van der Waals surface area contributed by atoms with Gasteiger partial charge in [0.2, 0.25) is 6.10 Å². The van der Waals surface area contributed by atoms with Gasteiger partial charge in [0.15, 0.2) is 17.6 Å². The van der Waals surface area contributed by atoms with Gasteiger partial charge in [-0.05, 0) is 19.1 Å². The predicted molar refractivity (Wildman–Crippen MR) is 75.1 cm³/mol. The topological polar surface area (TPSA) is 73.9 Å². The van der Waals surface area contributed by atoms with Gasteiger partial charge in [-0.3, -0.25) is 4.79 Å². The summed E-state index contributed by atoms with van der Waals surface area (Å²) in [6, 6.07) is 7.05. The van der Waals surface area contributed by atoms with Gasteiger partial charge in [-0.25, -0.2) is 4.79 Å². The molecule has 0 spiro atoms. The fourth-order valence-corrected chi connectivity index (χ4v) is 1.76. The molecule has 0 saturated carbocycles. The molecule has 0 radical (unpaired) electrons. The largest absolute Gasteiger partial charge is 0.485 e. The molecule has 2 rings (SSSR count). The van der Waals surface area contributed by atoms with Crippen molar-refractivity contribution in [3.05, 3.63) is 36.9 Å². The average molecular weight is 291 g/mol. The van der Waals surface area contributed by atoms with Gasteiger partial charge in [0.25, 0.3) is 5.91 Å². The molecule has 1 heterocycles. The summed E-state index contributed by atoms with van der Waals surface area (Å²) in [7, 11) is 0. The standard InChI is InChI=1S/C15H17NO5/c1-3-8-16-14(17)10(2)20-15(18)13-9-19-11-6-4-5-7-12(11)21-13/h3-7,10,13H,1,8-9H2,2H3,(H,16,17)/t10-,13+/m0/s1. The van der Waals surface area contributed by atoms with Crippen molar-refractivity contribution in [1.29, 1.82) is 0 Å². The summed E-state index contributed by atoms with van der Waals surface area (Å²) in [4.78, 5) is 23.6. The van der Waals surface area contributed by atoms with Gasteiger partial charge in [-0.1, -0.05) is 18.2 Å². The fourth-order valence-electron chi connectivity index (χ4n) is 1.76. The molecule has 1 aliphatic rings. The van der Waals surface area contributed by atoms with Crippen LogP contribution in [0.15, 0.2) is 36.9 Å². The zero-order valence-electron chi connectivity index (χ0n) is 11.7. The molecule has 21 heavy (non-hydrogen) atoms. The Hall–Kier alpha value is -2.50. The van der Waals surface area contributed by atoms with Gasteiger partial charge < -0.3 is 19.5 Å². The SMILES string of the molecule is C=CCNC(=O)[C@H](C)OC(=O)[C@H]1COc2ccccc2O1. The Morgan fingerprint density at radius 3 is 2.90 bits per heavy atom. The number of hydrogen-bond donors (Lipinski definition) is 1. The monoisotopic (exact) mass is 291 g/mol. The Labute approximate surface area is 122 Å². The number of carbonyl (C=O) groups excluding carboxylic acids is 2. The highest BCUT2D eigenvalue weighted by Gasteiger charge is 2.31. The van der Waals surface area contributed by atoms with Crippen molar-refractivity contribution in [2.45, 2.75) is 19.1 Å². The minimum absolute atomic E-state index is 0.0524. The van der Waals surface area contributed by atoms with Crippen LogP contribution in [0.2, 0.25) is 0 Å². The molecule has 1 aliphatic heterocycles. The second kappa shape index (κ2) is 6.78. The van der Waals surface area contributed by atoms with Crippen LogP contribution in [0.4, 0.5) is 0 Å². The van der Waals surface area contributed by atoms with Crippen molar-refractivity contribution >= 4 is 11.9 Å². The van der Waals surface area contributed by atoms with Crippen LogP contribution in [-0.4, -0.2) is 37.2 Å². The molecular formula is C15H17NO5. The van der Waals surface area contributed by atoms with Gasteiger partial charge in [-0.2, -0.15) is 0 Å². The normalized spacial score (nSPS) is 17.5. The van der Waals surface area contributed by atoms with E-state index in [1.165, 1.54) is 6.92 Å². The van der Waals surface area contributed by atoms with Crippen molar-refractivity contribution in [1.82, 2.24) is 5.32 Å². The van der Waals surface area contributed by atoms with E-state index in [0.717, 1.165) is 0 Å². The van der Waals surface area contributed by atoms with E-state index in [0.29, 0.717) is 18.0 Å². The van der Waals surface area contributed by atoms with Crippen molar-refractivity contribution in [3.63, 3.8) is 0 Å². The molecule has 6 nitrogen and oxygen atoms in total. The highest BCUT2D eigenvalue weighted by atomic mass is 16.6. The minimum atomic E-state index is -0.904. The van der Waals surface area contributed by atoms with E-state index in [9.17, 15) is 9.59 Å². The molecule has 112 valence electrons. The number of nitrogens with one attached hydrogen (secondary N) is 1. The van der Waals surface area contributed by atoms with E-state index in [1.807, 2.05) is 6.07 Å². The molecular weight excluding hydrogens is 274 g/mol. The van der Waals surface area contributed by atoms with Crippen LogP contribution in [-0.2, 0) is 14.3 Å². The Bertz CT molecular complexity index is 543. The van der Waals surface area contributed by atoms with E-state index in [1.54, 1.807) is 24.3 Å². The molecule has 1 N–H and O–H groups in total. The second-order valence-corrected chi connectivity index (χ2v) is 4.48.